The van der Waals surface area contributed by atoms with Crippen molar-refractivity contribution in [3.63, 3.8) is 0 Å². The molecule has 1 fully saturated rings. The molecular weight excluding hydrogens is 310 g/mol. The average Bonchev–Trinajstić information content (AvgIpc) is 3.35. The summed E-state index contributed by atoms with van der Waals surface area (Å²) in [5.41, 5.74) is 0. The van der Waals surface area contributed by atoms with Gasteiger partial charge in [0, 0.05) is 50.7 Å². The van der Waals surface area contributed by atoms with Crippen LogP contribution in [0.4, 0.5) is 5.82 Å². The van der Waals surface area contributed by atoms with Crippen molar-refractivity contribution < 1.29 is 9.32 Å². The van der Waals surface area contributed by atoms with Gasteiger partial charge < -0.3 is 14.3 Å². The molecule has 0 N–H and O–H groups in total. The summed E-state index contributed by atoms with van der Waals surface area (Å²) < 4.78 is 6.62. The Morgan fingerprint density at radius 3 is 2.62 bits per heavy atom. The molecular formula is C15H15N7O2. The SMILES string of the molecule is O=C(c1ccno1)N1CCN(c2cc(-n3cccn3)ncn2)CC1. The summed E-state index contributed by atoms with van der Waals surface area (Å²) in [5, 5.41) is 7.75. The fourth-order valence-electron chi connectivity index (χ4n) is 2.66. The number of anilines is 1. The highest BCUT2D eigenvalue weighted by Gasteiger charge is 2.25. The number of carbonyl (C=O) groups excluding carboxylic acids is 1. The number of rotatable bonds is 3. The van der Waals surface area contributed by atoms with Crippen molar-refractivity contribution in [3.8, 4) is 5.82 Å². The molecule has 0 saturated carbocycles. The molecule has 1 aliphatic heterocycles. The van der Waals surface area contributed by atoms with Gasteiger partial charge in [0.05, 0.1) is 6.20 Å². The molecule has 1 aliphatic rings. The molecule has 24 heavy (non-hydrogen) atoms. The molecule has 3 aromatic rings. The first-order valence-corrected chi connectivity index (χ1v) is 7.58. The van der Waals surface area contributed by atoms with Crippen molar-refractivity contribution in [1.82, 2.24) is 29.8 Å². The Morgan fingerprint density at radius 2 is 1.92 bits per heavy atom. The second-order valence-electron chi connectivity index (χ2n) is 5.34. The number of aromatic nitrogens is 5. The summed E-state index contributed by atoms with van der Waals surface area (Å²) in [7, 11) is 0. The fraction of sp³-hybridized carbons (Fsp3) is 0.267. The van der Waals surface area contributed by atoms with E-state index in [1.54, 1.807) is 21.8 Å². The molecule has 0 radical (unpaired) electrons. The van der Waals surface area contributed by atoms with Crippen LogP contribution in [0, 0.1) is 0 Å². The van der Waals surface area contributed by atoms with Gasteiger partial charge in [0.1, 0.15) is 12.1 Å². The van der Waals surface area contributed by atoms with Crippen LogP contribution in [0.5, 0.6) is 0 Å². The van der Waals surface area contributed by atoms with Gasteiger partial charge in [-0.1, -0.05) is 5.16 Å². The van der Waals surface area contributed by atoms with Crippen molar-refractivity contribution in [2.75, 3.05) is 31.1 Å². The zero-order chi connectivity index (χ0) is 16.4. The number of piperazine rings is 1. The lowest BCUT2D eigenvalue weighted by atomic mass is 10.3. The van der Waals surface area contributed by atoms with Gasteiger partial charge in [-0.25, -0.2) is 14.6 Å². The maximum atomic E-state index is 12.2. The molecule has 4 rings (SSSR count). The van der Waals surface area contributed by atoms with Gasteiger partial charge in [-0.05, 0) is 6.07 Å². The quantitative estimate of drug-likeness (QED) is 0.696. The van der Waals surface area contributed by atoms with E-state index in [4.69, 9.17) is 4.52 Å². The topological polar surface area (TPSA) is 93.2 Å². The van der Waals surface area contributed by atoms with E-state index in [1.165, 1.54) is 12.5 Å². The Kier molecular flexibility index (Phi) is 3.66. The first kappa shape index (κ1) is 14.4. The summed E-state index contributed by atoms with van der Waals surface area (Å²) >= 11 is 0. The van der Waals surface area contributed by atoms with Crippen LogP contribution < -0.4 is 4.90 Å². The molecule has 0 bridgehead atoms. The minimum absolute atomic E-state index is 0.132. The molecule has 0 aliphatic carbocycles. The lowest BCUT2D eigenvalue weighted by Crippen LogP contribution is -2.49. The second kappa shape index (κ2) is 6.11. The van der Waals surface area contributed by atoms with Crippen LogP contribution in [-0.2, 0) is 0 Å². The maximum absolute atomic E-state index is 12.2. The fourth-order valence-corrected chi connectivity index (χ4v) is 2.66. The Bertz CT molecular complexity index is 808. The number of hydrogen-bond acceptors (Lipinski definition) is 7. The molecule has 122 valence electrons. The van der Waals surface area contributed by atoms with Crippen LogP contribution in [0.25, 0.3) is 5.82 Å². The van der Waals surface area contributed by atoms with E-state index in [0.717, 1.165) is 5.82 Å². The summed E-state index contributed by atoms with van der Waals surface area (Å²) in [4.78, 5) is 24.7. The molecule has 0 aromatic carbocycles. The number of hydrogen-bond donors (Lipinski definition) is 0. The smallest absolute Gasteiger partial charge is 0.292 e. The van der Waals surface area contributed by atoms with E-state index < -0.39 is 0 Å². The molecule has 9 nitrogen and oxygen atoms in total. The van der Waals surface area contributed by atoms with Crippen LogP contribution >= 0.6 is 0 Å². The van der Waals surface area contributed by atoms with Gasteiger partial charge in [-0.15, -0.1) is 0 Å². The van der Waals surface area contributed by atoms with Crippen LogP contribution in [0.2, 0.25) is 0 Å². The van der Waals surface area contributed by atoms with Crippen molar-refractivity contribution in [1.29, 1.82) is 0 Å². The molecule has 1 amide bonds. The molecule has 0 spiro atoms. The number of carbonyl (C=O) groups is 1. The second-order valence-corrected chi connectivity index (χ2v) is 5.34. The highest BCUT2D eigenvalue weighted by molar-refractivity contribution is 5.91. The Labute approximate surface area is 137 Å². The van der Waals surface area contributed by atoms with Crippen LogP contribution in [-0.4, -0.2) is 61.9 Å². The molecule has 0 unspecified atom stereocenters. The van der Waals surface area contributed by atoms with Crippen molar-refractivity contribution in [2.45, 2.75) is 0 Å². The minimum atomic E-state index is -0.132. The van der Waals surface area contributed by atoms with Crippen LogP contribution in [0.3, 0.4) is 0 Å². The van der Waals surface area contributed by atoms with E-state index in [9.17, 15) is 4.79 Å². The van der Waals surface area contributed by atoms with Gasteiger partial charge >= 0.3 is 0 Å². The van der Waals surface area contributed by atoms with Crippen LogP contribution in [0.15, 0.2) is 47.6 Å². The molecule has 3 aromatic heterocycles. The first-order chi connectivity index (χ1) is 11.8. The van der Waals surface area contributed by atoms with E-state index >= 15 is 0 Å². The predicted molar refractivity (Wildman–Crippen MR) is 83.8 cm³/mol. The Balaban J connectivity index is 1.44. The van der Waals surface area contributed by atoms with E-state index in [2.05, 4.69) is 25.1 Å². The highest BCUT2D eigenvalue weighted by atomic mass is 16.5. The van der Waals surface area contributed by atoms with Gasteiger partial charge in [-0.2, -0.15) is 5.10 Å². The van der Waals surface area contributed by atoms with Gasteiger partial charge in [0.25, 0.3) is 5.91 Å². The van der Waals surface area contributed by atoms with Crippen molar-refractivity contribution in [3.05, 3.63) is 48.9 Å². The zero-order valence-electron chi connectivity index (χ0n) is 12.8. The molecule has 9 heteroatoms. The maximum Gasteiger partial charge on any atom is 0.292 e. The highest BCUT2D eigenvalue weighted by Crippen LogP contribution is 2.16. The van der Waals surface area contributed by atoms with E-state index in [1.807, 2.05) is 18.3 Å². The summed E-state index contributed by atoms with van der Waals surface area (Å²) in [6, 6.07) is 5.31. The van der Waals surface area contributed by atoms with E-state index in [0.29, 0.717) is 32.0 Å². The predicted octanol–water partition coefficient (Wildman–Crippen LogP) is 0.613. The number of amides is 1. The molecule has 4 heterocycles. The number of nitrogens with zero attached hydrogens (tertiary/aromatic N) is 7. The lowest BCUT2D eigenvalue weighted by Gasteiger charge is -2.34. The van der Waals surface area contributed by atoms with Crippen LogP contribution in [0.1, 0.15) is 10.6 Å². The normalized spacial score (nSPS) is 14.8. The third kappa shape index (κ3) is 2.71. The largest absolute Gasteiger partial charge is 0.353 e. The Hall–Kier alpha value is -3.23. The minimum Gasteiger partial charge on any atom is -0.353 e. The average molecular weight is 325 g/mol. The molecule has 0 atom stereocenters. The first-order valence-electron chi connectivity index (χ1n) is 7.58. The van der Waals surface area contributed by atoms with Gasteiger partial charge in [-0.3, -0.25) is 4.79 Å². The monoisotopic (exact) mass is 325 g/mol. The van der Waals surface area contributed by atoms with Gasteiger partial charge in [0.15, 0.2) is 5.82 Å². The lowest BCUT2D eigenvalue weighted by molar-refractivity contribution is 0.0704. The Morgan fingerprint density at radius 1 is 1.08 bits per heavy atom. The third-order valence-corrected chi connectivity index (χ3v) is 3.92. The molecule has 1 saturated heterocycles. The van der Waals surface area contributed by atoms with Crippen molar-refractivity contribution in [2.24, 2.45) is 0 Å². The van der Waals surface area contributed by atoms with E-state index in [-0.39, 0.29) is 11.7 Å². The summed E-state index contributed by atoms with van der Waals surface area (Å²) in [6.45, 7) is 2.58. The zero-order valence-corrected chi connectivity index (χ0v) is 12.8. The van der Waals surface area contributed by atoms with Gasteiger partial charge in [0.2, 0.25) is 5.76 Å². The van der Waals surface area contributed by atoms with Crippen molar-refractivity contribution >= 4 is 11.7 Å². The standard InChI is InChI=1S/C15H15N7O2/c23-15(12-2-4-19-24-12)21-8-6-20(7-9-21)13-10-14(17-11-16-13)22-5-1-3-18-22/h1-5,10-11H,6-9H2. The summed E-state index contributed by atoms with van der Waals surface area (Å²) in [6.07, 6.45) is 6.54. The summed E-state index contributed by atoms with van der Waals surface area (Å²) in [5.74, 6) is 1.67. The third-order valence-electron chi connectivity index (χ3n) is 3.92.